The molecule has 0 aliphatic carbocycles. The van der Waals surface area contributed by atoms with Crippen molar-refractivity contribution in [1.29, 1.82) is 0 Å². The molecule has 0 atom stereocenters. The van der Waals surface area contributed by atoms with Gasteiger partial charge in [0.05, 0.1) is 0 Å². The molecule has 0 N–H and O–H groups in total. The molecular weight excluding hydrogens is 204 g/mol. The molecule has 0 rings (SSSR count). The SMILES string of the molecule is C#CCCCCCCCC.[Kr]. The normalized spacial score (nSPS) is 8.36. The Labute approximate surface area is 108 Å². The Morgan fingerprint density at radius 2 is 1.55 bits per heavy atom. The van der Waals surface area contributed by atoms with E-state index in [1.807, 2.05) is 0 Å². The van der Waals surface area contributed by atoms with Gasteiger partial charge in [0, 0.05) is 51.9 Å². The smallest absolute Gasteiger partial charge is 0.00860 e. The molecule has 0 fully saturated rings. The molecule has 1 heteroatoms. The number of terminal acetylenes is 1. The average molecular weight is 222 g/mol. The van der Waals surface area contributed by atoms with Gasteiger partial charge in [-0.1, -0.05) is 39.0 Å². The van der Waals surface area contributed by atoms with E-state index in [-0.39, 0.29) is 45.5 Å². The quantitative estimate of drug-likeness (QED) is 0.477. The monoisotopic (exact) mass is 222 g/mol. The summed E-state index contributed by atoms with van der Waals surface area (Å²) in [6, 6.07) is 0. The van der Waals surface area contributed by atoms with Gasteiger partial charge >= 0.3 is 0 Å². The second kappa shape index (κ2) is 13.6. The third-order valence-corrected chi connectivity index (χ3v) is 1.67. The molecular formula is C10H18Kr. The van der Waals surface area contributed by atoms with Gasteiger partial charge in [0.2, 0.25) is 0 Å². The van der Waals surface area contributed by atoms with Gasteiger partial charge < -0.3 is 0 Å². The summed E-state index contributed by atoms with van der Waals surface area (Å²) in [5.74, 6) is 2.66. The molecule has 66 valence electrons. The summed E-state index contributed by atoms with van der Waals surface area (Å²) in [5.41, 5.74) is 0. The summed E-state index contributed by atoms with van der Waals surface area (Å²) >= 11 is 0. The Hall–Kier alpha value is 1.04. The summed E-state index contributed by atoms with van der Waals surface area (Å²) in [5, 5.41) is 0. The van der Waals surface area contributed by atoms with Crippen LogP contribution >= 0.6 is 0 Å². The van der Waals surface area contributed by atoms with E-state index >= 15 is 0 Å². The first-order chi connectivity index (χ1) is 4.91. The van der Waals surface area contributed by atoms with Crippen LogP contribution in [-0.2, 0) is 0 Å². The van der Waals surface area contributed by atoms with Gasteiger partial charge in [0.15, 0.2) is 0 Å². The topological polar surface area (TPSA) is 0 Å². The van der Waals surface area contributed by atoms with Crippen LogP contribution in [0.1, 0.15) is 51.9 Å². The van der Waals surface area contributed by atoms with Crippen LogP contribution in [0.5, 0.6) is 0 Å². The van der Waals surface area contributed by atoms with E-state index in [1.165, 1.54) is 38.5 Å². The second-order valence-electron chi connectivity index (χ2n) is 2.72. The fraction of sp³-hybridized carbons (Fsp3) is 0.800. The van der Waals surface area contributed by atoms with Gasteiger partial charge in [-0.25, -0.2) is 0 Å². The van der Waals surface area contributed by atoms with Gasteiger partial charge in [-0.2, -0.15) is 0 Å². The number of rotatable bonds is 6. The minimum absolute atomic E-state index is 0. The minimum atomic E-state index is 0. The Kier molecular flexibility index (Phi) is 18.0. The Balaban J connectivity index is 0. The molecule has 0 aliphatic heterocycles. The summed E-state index contributed by atoms with van der Waals surface area (Å²) in [7, 11) is 0. The second-order valence-corrected chi connectivity index (χ2v) is 2.72. The van der Waals surface area contributed by atoms with Crippen molar-refractivity contribution in [2.75, 3.05) is 0 Å². The van der Waals surface area contributed by atoms with Crippen LogP contribution in [0.4, 0.5) is 0 Å². The van der Waals surface area contributed by atoms with Crippen LogP contribution in [0.3, 0.4) is 0 Å². The summed E-state index contributed by atoms with van der Waals surface area (Å²) in [6.45, 7) is 2.24. The Morgan fingerprint density at radius 1 is 1.00 bits per heavy atom. The van der Waals surface area contributed by atoms with Crippen molar-refractivity contribution >= 4 is 0 Å². The van der Waals surface area contributed by atoms with E-state index in [9.17, 15) is 0 Å². The first-order valence-corrected chi connectivity index (χ1v) is 4.35. The molecule has 0 saturated heterocycles. The fourth-order valence-corrected chi connectivity index (χ4v) is 1.01. The van der Waals surface area contributed by atoms with Crippen LogP contribution in [0, 0.1) is 57.8 Å². The van der Waals surface area contributed by atoms with Gasteiger partial charge in [-0.05, 0) is 6.42 Å². The van der Waals surface area contributed by atoms with Gasteiger partial charge in [-0.3, -0.25) is 0 Å². The summed E-state index contributed by atoms with van der Waals surface area (Å²) in [4.78, 5) is 0. The van der Waals surface area contributed by atoms with Gasteiger partial charge in [0.1, 0.15) is 0 Å². The van der Waals surface area contributed by atoms with Gasteiger partial charge in [-0.15, -0.1) is 12.3 Å². The van der Waals surface area contributed by atoms with Crippen LogP contribution in [0.2, 0.25) is 0 Å². The maximum Gasteiger partial charge on any atom is 0.00860 e. The largest absolute Gasteiger partial charge is 0.120 e. The molecule has 0 aromatic heterocycles. The third-order valence-electron chi connectivity index (χ3n) is 1.67. The first-order valence-electron chi connectivity index (χ1n) is 4.35. The van der Waals surface area contributed by atoms with E-state index in [2.05, 4.69) is 12.8 Å². The van der Waals surface area contributed by atoms with Crippen molar-refractivity contribution in [2.24, 2.45) is 0 Å². The van der Waals surface area contributed by atoms with Crippen molar-refractivity contribution in [3.05, 3.63) is 0 Å². The summed E-state index contributed by atoms with van der Waals surface area (Å²) in [6.07, 6.45) is 14.1. The molecule has 0 aromatic rings. The maximum atomic E-state index is 5.12. The van der Waals surface area contributed by atoms with E-state index in [1.54, 1.807) is 0 Å². The van der Waals surface area contributed by atoms with Crippen molar-refractivity contribution in [3.63, 3.8) is 0 Å². The zero-order chi connectivity index (χ0) is 7.66. The zero-order valence-corrected chi connectivity index (χ0v) is 8.86. The van der Waals surface area contributed by atoms with E-state index < -0.39 is 0 Å². The molecule has 0 aliphatic rings. The van der Waals surface area contributed by atoms with Crippen LogP contribution in [0.25, 0.3) is 0 Å². The number of hydrogen-bond acceptors (Lipinski definition) is 0. The minimum Gasteiger partial charge on any atom is -0.120 e. The average Bonchev–Trinajstić information content (AvgIpc) is 1.97. The maximum absolute atomic E-state index is 5.12. The Morgan fingerprint density at radius 3 is 2.09 bits per heavy atom. The molecule has 0 radical (unpaired) electrons. The van der Waals surface area contributed by atoms with Crippen LogP contribution in [0.15, 0.2) is 0 Å². The van der Waals surface area contributed by atoms with E-state index in [0.717, 1.165) is 6.42 Å². The molecule has 0 spiro atoms. The van der Waals surface area contributed by atoms with E-state index in [0.29, 0.717) is 0 Å². The first kappa shape index (κ1) is 14.6. The third kappa shape index (κ3) is 14.0. The number of unbranched alkanes of at least 4 members (excludes halogenated alkanes) is 6. The van der Waals surface area contributed by atoms with Crippen molar-refractivity contribution in [2.45, 2.75) is 51.9 Å². The van der Waals surface area contributed by atoms with E-state index in [4.69, 9.17) is 6.42 Å². The standard InChI is InChI=1S/C10H18.Kr/c1-3-5-7-9-10-8-6-4-2;/h1H,4-10H2,2H3;. The molecule has 0 nitrogen and oxygen atoms in total. The Bertz CT molecular complexity index is 91.5. The molecule has 0 amide bonds. The van der Waals surface area contributed by atoms with Crippen LogP contribution < -0.4 is 0 Å². The summed E-state index contributed by atoms with van der Waals surface area (Å²) < 4.78 is 0. The molecule has 0 heterocycles. The molecule has 0 bridgehead atoms. The van der Waals surface area contributed by atoms with Crippen LogP contribution in [-0.4, -0.2) is 0 Å². The molecule has 0 aromatic carbocycles. The molecule has 0 unspecified atom stereocenters. The predicted octanol–water partition coefficient (Wildman–Crippen LogP) is 3.37. The fourth-order valence-electron chi connectivity index (χ4n) is 1.01. The van der Waals surface area contributed by atoms with Crippen molar-refractivity contribution < 1.29 is 45.5 Å². The molecule has 11 heavy (non-hydrogen) atoms. The predicted molar refractivity (Wildman–Crippen MR) is 46.8 cm³/mol. The van der Waals surface area contributed by atoms with Crippen molar-refractivity contribution in [1.82, 2.24) is 0 Å². The van der Waals surface area contributed by atoms with Crippen molar-refractivity contribution in [3.8, 4) is 12.3 Å². The van der Waals surface area contributed by atoms with Gasteiger partial charge in [0.25, 0.3) is 0 Å². The number of hydrogen-bond donors (Lipinski definition) is 0. The zero-order valence-electron chi connectivity index (χ0n) is 7.38. The molecule has 0 saturated carbocycles.